The zero-order valence-corrected chi connectivity index (χ0v) is 10.0. The Morgan fingerprint density at radius 3 is 2.39 bits per heavy atom. The van der Waals surface area contributed by atoms with Gasteiger partial charge in [0.2, 0.25) is 0 Å². The van der Waals surface area contributed by atoms with Crippen molar-refractivity contribution in [3.05, 3.63) is 64.4 Å². The minimum Gasteiger partial charge on any atom is -0.386 e. The summed E-state index contributed by atoms with van der Waals surface area (Å²) in [4.78, 5) is 3.95. The van der Waals surface area contributed by atoms with Crippen LogP contribution in [-0.2, 0) is 6.42 Å². The summed E-state index contributed by atoms with van der Waals surface area (Å²) >= 11 is 5.67. The van der Waals surface area contributed by atoms with Gasteiger partial charge in [0.05, 0.1) is 16.8 Å². The van der Waals surface area contributed by atoms with E-state index in [1.807, 2.05) is 0 Å². The van der Waals surface area contributed by atoms with Crippen LogP contribution in [0.3, 0.4) is 0 Å². The fourth-order valence-electron chi connectivity index (χ4n) is 1.64. The average molecular weight is 270 g/mol. The number of halogens is 3. The molecule has 0 saturated heterocycles. The molecule has 0 spiro atoms. The first-order valence-corrected chi connectivity index (χ1v) is 5.67. The van der Waals surface area contributed by atoms with Gasteiger partial charge in [-0.25, -0.2) is 8.78 Å². The fraction of sp³-hybridized carbons (Fsp3) is 0.154. The predicted octanol–water partition coefficient (Wildman–Crippen LogP) is 3.29. The molecule has 94 valence electrons. The number of nitrogens with zero attached hydrogens (tertiary/aromatic N) is 1. The molecule has 0 saturated carbocycles. The van der Waals surface area contributed by atoms with Crippen LogP contribution in [-0.4, -0.2) is 10.1 Å². The smallest absolute Gasteiger partial charge is 0.126 e. The molecule has 2 aromatic rings. The molecule has 1 heterocycles. The van der Waals surface area contributed by atoms with Crippen LogP contribution in [0, 0.1) is 11.6 Å². The third kappa shape index (κ3) is 3.24. The Labute approximate surface area is 108 Å². The summed E-state index contributed by atoms with van der Waals surface area (Å²) in [6.45, 7) is 0. The summed E-state index contributed by atoms with van der Waals surface area (Å²) in [5.74, 6) is -1.33. The molecule has 1 aromatic carbocycles. The lowest BCUT2D eigenvalue weighted by molar-refractivity contribution is 0.173. The highest BCUT2D eigenvalue weighted by Crippen LogP contribution is 2.19. The van der Waals surface area contributed by atoms with Crippen LogP contribution < -0.4 is 0 Å². The van der Waals surface area contributed by atoms with Gasteiger partial charge >= 0.3 is 0 Å². The summed E-state index contributed by atoms with van der Waals surface area (Å²) in [6.07, 6.45) is 0.568. The van der Waals surface area contributed by atoms with Crippen molar-refractivity contribution >= 4 is 11.6 Å². The fourth-order valence-corrected chi connectivity index (χ4v) is 1.75. The van der Waals surface area contributed by atoms with E-state index in [0.717, 1.165) is 6.07 Å². The van der Waals surface area contributed by atoms with Crippen molar-refractivity contribution < 1.29 is 13.9 Å². The summed E-state index contributed by atoms with van der Waals surface area (Å²) in [5.41, 5.74) is 0.779. The van der Waals surface area contributed by atoms with E-state index in [0.29, 0.717) is 16.3 Å². The monoisotopic (exact) mass is 269 g/mol. The first-order chi connectivity index (χ1) is 8.54. The van der Waals surface area contributed by atoms with Crippen molar-refractivity contribution in [2.24, 2.45) is 0 Å². The average Bonchev–Trinajstić information content (AvgIpc) is 2.28. The van der Waals surface area contributed by atoms with Gasteiger partial charge in [-0.1, -0.05) is 11.6 Å². The molecule has 0 aliphatic heterocycles. The lowest BCUT2D eigenvalue weighted by atomic mass is 10.0. The van der Waals surface area contributed by atoms with Gasteiger partial charge in [0, 0.05) is 18.7 Å². The van der Waals surface area contributed by atoms with E-state index in [4.69, 9.17) is 11.6 Å². The number of hydrogen-bond acceptors (Lipinski definition) is 2. The van der Waals surface area contributed by atoms with Gasteiger partial charge in [-0.15, -0.1) is 0 Å². The molecule has 1 aromatic heterocycles. The largest absolute Gasteiger partial charge is 0.386 e. The Kier molecular flexibility index (Phi) is 3.89. The second-order valence-electron chi connectivity index (χ2n) is 3.90. The van der Waals surface area contributed by atoms with Gasteiger partial charge in [-0.05, 0) is 29.8 Å². The molecule has 1 atom stereocenters. The first-order valence-electron chi connectivity index (χ1n) is 5.29. The number of rotatable bonds is 3. The van der Waals surface area contributed by atoms with E-state index in [1.165, 1.54) is 18.3 Å². The molecule has 1 N–H and O–H groups in total. The highest BCUT2D eigenvalue weighted by Gasteiger charge is 2.11. The maximum absolute atomic E-state index is 13.0. The lowest BCUT2D eigenvalue weighted by Gasteiger charge is -2.10. The summed E-state index contributed by atoms with van der Waals surface area (Å²) in [7, 11) is 0. The molecule has 18 heavy (non-hydrogen) atoms. The third-order valence-electron chi connectivity index (χ3n) is 2.44. The number of pyridine rings is 1. The molecule has 0 bridgehead atoms. The lowest BCUT2D eigenvalue weighted by Crippen LogP contribution is -2.04. The van der Waals surface area contributed by atoms with Crippen LogP contribution >= 0.6 is 11.6 Å². The number of aliphatic hydroxyl groups excluding tert-OH is 1. The Morgan fingerprint density at radius 1 is 1.17 bits per heavy atom. The quantitative estimate of drug-likeness (QED) is 0.927. The van der Waals surface area contributed by atoms with E-state index in [-0.39, 0.29) is 6.42 Å². The molecule has 0 aliphatic rings. The van der Waals surface area contributed by atoms with E-state index in [2.05, 4.69) is 4.98 Å². The number of aromatic nitrogens is 1. The summed E-state index contributed by atoms with van der Waals surface area (Å²) < 4.78 is 26.0. The molecular weight excluding hydrogens is 260 g/mol. The highest BCUT2D eigenvalue weighted by molar-refractivity contribution is 6.30. The maximum atomic E-state index is 13.0. The number of benzene rings is 1. The first kappa shape index (κ1) is 12.9. The van der Waals surface area contributed by atoms with Crippen LogP contribution in [0.5, 0.6) is 0 Å². The van der Waals surface area contributed by atoms with E-state index in [9.17, 15) is 13.9 Å². The molecular formula is C13H10ClF2NO. The van der Waals surface area contributed by atoms with Crippen molar-refractivity contribution in [1.29, 1.82) is 0 Å². The Morgan fingerprint density at radius 2 is 1.83 bits per heavy atom. The second kappa shape index (κ2) is 5.42. The van der Waals surface area contributed by atoms with Crippen molar-refractivity contribution in [3.8, 4) is 0 Å². The Bertz CT molecular complexity index is 525. The van der Waals surface area contributed by atoms with Gasteiger partial charge < -0.3 is 5.11 Å². The van der Waals surface area contributed by atoms with Crippen LogP contribution in [0.2, 0.25) is 5.02 Å². The SMILES string of the molecule is OC(Cc1cc(F)cc(F)c1)c1ccc(Cl)cn1. The van der Waals surface area contributed by atoms with Gasteiger partial charge in [0.1, 0.15) is 11.6 Å². The van der Waals surface area contributed by atoms with Crippen LogP contribution in [0.15, 0.2) is 36.5 Å². The molecule has 2 nitrogen and oxygen atoms in total. The molecule has 0 amide bonds. The Hall–Kier alpha value is -1.52. The van der Waals surface area contributed by atoms with Gasteiger partial charge in [0.15, 0.2) is 0 Å². The second-order valence-corrected chi connectivity index (χ2v) is 4.34. The highest BCUT2D eigenvalue weighted by atomic mass is 35.5. The summed E-state index contributed by atoms with van der Waals surface area (Å²) in [5, 5.41) is 10.4. The Balaban J connectivity index is 2.15. The van der Waals surface area contributed by atoms with E-state index in [1.54, 1.807) is 12.1 Å². The van der Waals surface area contributed by atoms with Crippen LogP contribution in [0.25, 0.3) is 0 Å². The third-order valence-corrected chi connectivity index (χ3v) is 2.67. The topological polar surface area (TPSA) is 33.1 Å². The molecule has 0 aliphatic carbocycles. The van der Waals surface area contributed by atoms with Crippen LogP contribution in [0.4, 0.5) is 8.78 Å². The normalized spacial score (nSPS) is 12.4. The molecule has 0 fully saturated rings. The number of aliphatic hydroxyl groups is 1. The standard InChI is InChI=1S/C13H10ClF2NO/c14-9-1-2-12(17-7-9)13(18)5-8-3-10(15)6-11(16)4-8/h1-4,6-7,13,18H,5H2. The minimum absolute atomic E-state index is 0.0866. The molecule has 0 radical (unpaired) electrons. The van der Waals surface area contributed by atoms with Gasteiger partial charge in [-0.2, -0.15) is 0 Å². The molecule has 1 unspecified atom stereocenters. The van der Waals surface area contributed by atoms with Crippen molar-refractivity contribution in [1.82, 2.24) is 4.98 Å². The minimum atomic E-state index is -0.927. The predicted molar refractivity (Wildman–Crippen MR) is 64.3 cm³/mol. The van der Waals surface area contributed by atoms with Crippen LogP contribution in [0.1, 0.15) is 17.4 Å². The van der Waals surface area contributed by atoms with Crippen molar-refractivity contribution in [3.63, 3.8) is 0 Å². The number of hydrogen-bond donors (Lipinski definition) is 1. The van der Waals surface area contributed by atoms with Gasteiger partial charge in [-0.3, -0.25) is 4.98 Å². The zero-order chi connectivity index (χ0) is 13.1. The maximum Gasteiger partial charge on any atom is 0.126 e. The van der Waals surface area contributed by atoms with E-state index >= 15 is 0 Å². The zero-order valence-electron chi connectivity index (χ0n) is 9.28. The molecule has 5 heteroatoms. The van der Waals surface area contributed by atoms with Crippen molar-refractivity contribution in [2.45, 2.75) is 12.5 Å². The van der Waals surface area contributed by atoms with Gasteiger partial charge in [0.25, 0.3) is 0 Å². The van der Waals surface area contributed by atoms with Crippen molar-refractivity contribution in [2.75, 3.05) is 0 Å². The van der Waals surface area contributed by atoms with E-state index < -0.39 is 17.7 Å². The molecule has 2 rings (SSSR count). The summed E-state index contributed by atoms with van der Waals surface area (Å²) in [6, 6.07) is 6.32.